The van der Waals surface area contributed by atoms with Crippen molar-refractivity contribution in [3.8, 4) is 5.69 Å². The zero-order valence-corrected chi connectivity index (χ0v) is 15.2. The quantitative estimate of drug-likeness (QED) is 0.549. The van der Waals surface area contributed by atoms with E-state index in [-0.39, 0.29) is 19.1 Å². The van der Waals surface area contributed by atoms with E-state index in [2.05, 4.69) is 15.5 Å². The van der Waals surface area contributed by atoms with E-state index in [1.54, 1.807) is 29.8 Å². The standard InChI is InChI=1S/C19H16F3N5O2/c1-26-24-16-14-10-11(18(29)23-8-9-28)2-7-15(14)27(17(16)25-26)13-5-3-12(4-6-13)19(20,21)22/h2-7,10,28H,8-9H2,1H3,(H,23,29). The van der Waals surface area contributed by atoms with Crippen molar-refractivity contribution in [2.45, 2.75) is 6.18 Å². The Hall–Kier alpha value is -3.40. The van der Waals surface area contributed by atoms with Crippen LogP contribution >= 0.6 is 0 Å². The Morgan fingerprint density at radius 1 is 1.14 bits per heavy atom. The van der Waals surface area contributed by atoms with E-state index in [1.165, 1.54) is 16.9 Å². The molecule has 4 aromatic rings. The first-order chi connectivity index (χ1) is 13.8. The molecular formula is C19H16F3N5O2. The van der Waals surface area contributed by atoms with Gasteiger partial charge in [0.15, 0.2) is 5.65 Å². The average molecular weight is 403 g/mol. The van der Waals surface area contributed by atoms with Crippen molar-refractivity contribution < 1.29 is 23.1 Å². The van der Waals surface area contributed by atoms with Gasteiger partial charge in [-0.2, -0.15) is 23.1 Å². The number of nitrogens with one attached hydrogen (secondary N) is 1. The number of carbonyl (C=O) groups excluding carboxylic acids is 1. The monoisotopic (exact) mass is 403 g/mol. The minimum atomic E-state index is -4.42. The first kappa shape index (κ1) is 18.9. The number of aliphatic hydroxyl groups excluding tert-OH is 1. The molecule has 0 saturated heterocycles. The van der Waals surface area contributed by atoms with Gasteiger partial charge in [-0.3, -0.25) is 9.36 Å². The van der Waals surface area contributed by atoms with E-state index in [9.17, 15) is 18.0 Å². The van der Waals surface area contributed by atoms with E-state index < -0.39 is 11.7 Å². The molecule has 2 aromatic heterocycles. The lowest BCUT2D eigenvalue weighted by Gasteiger charge is -2.10. The highest BCUT2D eigenvalue weighted by molar-refractivity contribution is 6.08. The molecule has 29 heavy (non-hydrogen) atoms. The first-order valence-corrected chi connectivity index (χ1v) is 8.72. The molecule has 0 radical (unpaired) electrons. The number of fused-ring (bicyclic) bond motifs is 3. The first-order valence-electron chi connectivity index (χ1n) is 8.72. The van der Waals surface area contributed by atoms with E-state index >= 15 is 0 Å². The summed E-state index contributed by atoms with van der Waals surface area (Å²) in [4.78, 5) is 13.6. The molecular weight excluding hydrogens is 387 g/mol. The van der Waals surface area contributed by atoms with Gasteiger partial charge < -0.3 is 10.4 Å². The molecule has 10 heteroatoms. The fourth-order valence-corrected chi connectivity index (χ4v) is 3.23. The maximum atomic E-state index is 12.9. The second-order valence-electron chi connectivity index (χ2n) is 6.45. The molecule has 0 saturated carbocycles. The molecule has 0 bridgehead atoms. The van der Waals surface area contributed by atoms with Crippen molar-refractivity contribution in [1.29, 1.82) is 0 Å². The minimum Gasteiger partial charge on any atom is -0.395 e. The average Bonchev–Trinajstić information content (AvgIpc) is 3.19. The lowest BCUT2D eigenvalue weighted by molar-refractivity contribution is -0.137. The van der Waals surface area contributed by atoms with Crippen LogP contribution < -0.4 is 5.32 Å². The van der Waals surface area contributed by atoms with Gasteiger partial charge in [0, 0.05) is 30.2 Å². The summed E-state index contributed by atoms with van der Waals surface area (Å²) in [7, 11) is 1.64. The smallest absolute Gasteiger partial charge is 0.395 e. The molecule has 0 aliphatic carbocycles. The number of nitrogens with zero attached hydrogens (tertiary/aromatic N) is 4. The summed E-state index contributed by atoms with van der Waals surface area (Å²) in [6.45, 7) is -0.0450. The molecule has 0 aliphatic heterocycles. The van der Waals surface area contributed by atoms with Crippen molar-refractivity contribution >= 4 is 28.0 Å². The molecule has 0 unspecified atom stereocenters. The van der Waals surface area contributed by atoms with Crippen LogP contribution in [0.5, 0.6) is 0 Å². The van der Waals surface area contributed by atoms with Crippen molar-refractivity contribution in [1.82, 2.24) is 24.9 Å². The highest BCUT2D eigenvalue weighted by atomic mass is 19.4. The Morgan fingerprint density at radius 3 is 2.52 bits per heavy atom. The lowest BCUT2D eigenvalue weighted by Crippen LogP contribution is -2.26. The summed E-state index contributed by atoms with van der Waals surface area (Å²) in [5.74, 6) is -0.347. The molecule has 2 N–H and O–H groups in total. The minimum absolute atomic E-state index is 0.129. The Balaban J connectivity index is 1.88. The zero-order valence-electron chi connectivity index (χ0n) is 15.2. The van der Waals surface area contributed by atoms with Crippen molar-refractivity contribution in [2.75, 3.05) is 13.2 Å². The zero-order chi connectivity index (χ0) is 20.8. The largest absolute Gasteiger partial charge is 0.416 e. The van der Waals surface area contributed by atoms with Gasteiger partial charge in [-0.25, -0.2) is 0 Å². The SMILES string of the molecule is Cn1nc2c3cc(C(=O)NCCO)ccc3n(-c3ccc(C(F)(F)F)cc3)c2n1. The van der Waals surface area contributed by atoms with Gasteiger partial charge in [-0.15, -0.1) is 5.10 Å². The van der Waals surface area contributed by atoms with Crippen LogP contribution in [0.4, 0.5) is 13.2 Å². The third-order valence-corrected chi connectivity index (χ3v) is 4.51. The van der Waals surface area contributed by atoms with Crippen molar-refractivity contribution in [3.63, 3.8) is 0 Å². The Labute approximate surface area is 162 Å². The Kier molecular flexibility index (Phi) is 4.50. The number of halogens is 3. The molecule has 0 aliphatic rings. The van der Waals surface area contributed by atoms with Gasteiger partial charge >= 0.3 is 6.18 Å². The molecule has 0 fully saturated rings. The summed E-state index contributed by atoms with van der Waals surface area (Å²) in [6.07, 6.45) is -4.42. The number of hydrogen-bond acceptors (Lipinski definition) is 4. The van der Waals surface area contributed by atoms with Gasteiger partial charge in [0.2, 0.25) is 0 Å². The molecule has 1 amide bonds. The van der Waals surface area contributed by atoms with Gasteiger partial charge in [0.25, 0.3) is 5.91 Å². The van der Waals surface area contributed by atoms with E-state index in [0.717, 1.165) is 12.1 Å². The number of carbonyl (C=O) groups is 1. The third-order valence-electron chi connectivity index (χ3n) is 4.51. The molecule has 0 spiro atoms. The van der Waals surface area contributed by atoms with Crippen LogP contribution in [0, 0.1) is 0 Å². The molecule has 0 atom stereocenters. The Bertz CT molecular complexity index is 1210. The van der Waals surface area contributed by atoms with Crippen LogP contribution in [0.1, 0.15) is 15.9 Å². The Morgan fingerprint density at radius 2 is 1.86 bits per heavy atom. The van der Waals surface area contributed by atoms with Gasteiger partial charge in [-0.05, 0) is 42.5 Å². The predicted octanol–water partition coefficient (Wildman–Crippen LogP) is 2.65. The van der Waals surface area contributed by atoms with Crippen LogP contribution in [-0.4, -0.2) is 43.7 Å². The maximum absolute atomic E-state index is 12.9. The van der Waals surface area contributed by atoms with Gasteiger partial charge in [-0.1, -0.05) is 0 Å². The number of amides is 1. The van der Waals surface area contributed by atoms with Gasteiger partial charge in [0.1, 0.15) is 5.52 Å². The number of hydrogen-bond donors (Lipinski definition) is 2. The summed E-state index contributed by atoms with van der Waals surface area (Å²) in [6, 6.07) is 9.73. The van der Waals surface area contributed by atoms with E-state index in [1.807, 2.05) is 0 Å². The summed E-state index contributed by atoms with van der Waals surface area (Å²) in [5, 5.41) is 20.8. The van der Waals surface area contributed by atoms with Crippen LogP contribution in [0.2, 0.25) is 0 Å². The maximum Gasteiger partial charge on any atom is 0.416 e. The fourth-order valence-electron chi connectivity index (χ4n) is 3.23. The molecule has 4 rings (SSSR count). The van der Waals surface area contributed by atoms with Crippen molar-refractivity contribution in [2.24, 2.45) is 7.05 Å². The lowest BCUT2D eigenvalue weighted by atomic mass is 10.1. The molecule has 7 nitrogen and oxygen atoms in total. The fraction of sp³-hybridized carbons (Fsp3) is 0.211. The summed E-state index contributed by atoms with van der Waals surface area (Å²) < 4.78 is 40.4. The van der Waals surface area contributed by atoms with Crippen LogP contribution in [0.3, 0.4) is 0 Å². The van der Waals surface area contributed by atoms with Crippen molar-refractivity contribution in [3.05, 3.63) is 53.6 Å². The van der Waals surface area contributed by atoms with Crippen LogP contribution in [0.15, 0.2) is 42.5 Å². The second kappa shape index (κ2) is 6.89. The number of benzene rings is 2. The van der Waals surface area contributed by atoms with E-state index in [4.69, 9.17) is 5.11 Å². The predicted molar refractivity (Wildman–Crippen MR) is 99.8 cm³/mol. The number of aliphatic hydroxyl groups is 1. The number of alkyl halides is 3. The molecule has 2 aromatic carbocycles. The summed E-state index contributed by atoms with van der Waals surface area (Å²) in [5.41, 5.74) is 1.79. The summed E-state index contributed by atoms with van der Waals surface area (Å²) >= 11 is 0. The number of aromatic nitrogens is 4. The highest BCUT2D eigenvalue weighted by Crippen LogP contribution is 2.33. The van der Waals surface area contributed by atoms with E-state index in [0.29, 0.717) is 33.3 Å². The topological polar surface area (TPSA) is 85.0 Å². The molecule has 2 heterocycles. The highest BCUT2D eigenvalue weighted by Gasteiger charge is 2.30. The third kappa shape index (κ3) is 3.31. The normalized spacial score (nSPS) is 12.0. The second-order valence-corrected chi connectivity index (χ2v) is 6.45. The van der Waals surface area contributed by atoms with Gasteiger partial charge in [0.05, 0.1) is 17.7 Å². The molecule has 150 valence electrons. The number of rotatable bonds is 4. The van der Waals surface area contributed by atoms with Crippen LogP contribution in [-0.2, 0) is 13.2 Å². The van der Waals surface area contributed by atoms with Crippen LogP contribution in [0.25, 0.3) is 27.8 Å². The number of aryl methyl sites for hydroxylation is 1.